The molecule has 0 radical (unpaired) electrons. The zero-order valence-corrected chi connectivity index (χ0v) is 14.8. The predicted molar refractivity (Wildman–Crippen MR) is 94.2 cm³/mol. The number of benzene rings is 1. The van der Waals surface area contributed by atoms with E-state index >= 15 is 0 Å². The van der Waals surface area contributed by atoms with Crippen LogP contribution in [-0.2, 0) is 0 Å². The second-order valence-corrected chi connectivity index (χ2v) is 7.06. The molecule has 0 aliphatic carbocycles. The van der Waals surface area contributed by atoms with E-state index < -0.39 is 0 Å². The largest absolute Gasteiger partial charge is 0.310 e. The molecule has 0 fully saturated rings. The van der Waals surface area contributed by atoms with Gasteiger partial charge in [-0.1, -0.05) is 31.5 Å². The minimum atomic E-state index is 0.466. The van der Waals surface area contributed by atoms with Gasteiger partial charge >= 0.3 is 0 Å². The van der Waals surface area contributed by atoms with Gasteiger partial charge in [0.25, 0.3) is 0 Å². The highest BCUT2D eigenvalue weighted by molar-refractivity contribution is 14.1. The first kappa shape index (κ1) is 15.3. The summed E-state index contributed by atoms with van der Waals surface area (Å²) in [4.78, 5) is 2.72. The zero-order chi connectivity index (χ0) is 13.8. The number of hydrogen-bond acceptors (Lipinski definition) is 2. The summed E-state index contributed by atoms with van der Waals surface area (Å²) in [6, 6.07) is 11.0. The molecule has 2 aromatic rings. The van der Waals surface area contributed by atoms with E-state index in [2.05, 4.69) is 60.0 Å². The zero-order valence-electron chi connectivity index (χ0n) is 11.0. The molecular formula is C15H17ClINS. The SMILES string of the molecule is CCNC(CC)c1ccc(-c2ccc(Cl)cc2I)s1. The average Bonchev–Trinajstić information content (AvgIpc) is 2.85. The van der Waals surface area contributed by atoms with E-state index in [4.69, 9.17) is 11.6 Å². The van der Waals surface area contributed by atoms with Crippen LogP contribution in [-0.4, -0.2) is 6.54 Å². The Kier molecular flexibility index (Phi) is 5.69. The summed E-state index contributed by atoms with van der Waals surface area (Å²) in [7, 11) is 0. The second-order valence-electron chi connectivity index (χ2n) is 4.34. The molecule has 4 heteroatoms. The molecule has 0 aliphatic heterocycles. The Bertz CT molecular complexity index is 553. The van der Waals surface area contributed by atoms with Crippen LogP contribution >= 0.6 is 45.5 Å². The molecule has 1 nitrogen and oxygen atoms in total. The summed E-state index contributed by atoms with van der Waals surface area (Å²) in [5.41, 5.74) is 1.27. The van der Waals surface area contributed by atoms with Crippen LogP contribution in [0.2, 0.25) is 5.02 Å². The highest BCUT2D eigenvalue weighted by atomic mass is 127. The van der Waals surface area contributed by atoms with Crippen molar-refractivity contribution < 1.29 is 0 Å². The summed E-state index contributed by atoms with van der Waals surface area (Å²) < 4.78 is 1.20. The van der Waals surface area contributed by atoms with Crippen LogP contribution in [0.1, 0.15) is 31.2 Å². The molecule has 0 saturated carbocycles. The van der Waals surface area contributed by atoms with Gasteiger partial charge in [-0.15, -0.1) is 11.3 Å². The summed E-state index contributed by atoms with van der Waals surface area (Å²) >= 11 is 10.2. The van der Waals surface area contributed by atoms with E-state index in [9.17, 15) is 0 Å². The van der Waals surface area contributed by atoms with Crippen LogP contribution in [0.25, 0.3) is 10.4 Å². The van der Waals surface area contributed by atoms with Crippen molar-refractivity contribution in [1.82, 2.24) is 5.32 Å². The second kappa shape index (κ2) is 7.07. The van der Waals surface area contributed by atoms with Crippen LogP contribution in [0, 0.1) is 3.57 Å². The van der Waals surface area contributed by atoms with Gasteiger partial charge in [-0.2, -0.15) is 0 Å². The van der Waals surface area contributed by atoms with Crippen LogP contribution in [0.4, 0.5) is 0 Å². The van der Waals surface area contributed by atoms with Crippen molar-refractivity contribution in [3.05, 3.63) is 43.8 Å². The fraction of sp³-hybridized carbons (Fsp3) is 0.333. The van der Waals surface area contributed by atoms with E-state index in [-0.39, 0.29) is 0 Å². The van der Waals surface area contributed by atoms with Gasteiger partial charge in [0, 0.05) is 30.0 Å². The van der Waals surface area contributed by atoms with Crippen LogP contribution in [0.5, 0.6) is 0 Å². The quantitative estimate of drug-likeness (QED) is 0.626. The number of thiophene rings is 1. The molecule has 0 spiro atoms. The van der Waals surface area contributed by atoms with Crippen LogP contribution in [0.15, 0.2) is 30.3 Å². The Morgan fingerprint density at radius 1 is 1.26 bits per heavy atom. The molecule has 1 heterocycles. The van der Waals surface area contributed by atoms with Crippen molar-refractivity contribution in [3.8, 4) is 10.4 Å². The maximum Gasteiger partial charge on any atom is 0.0416 e. The molecule has 1 N–H and O–H groups in total. The van der Waals surface area contributed by atoms with Crippen LogP contribution in [0.3, 0.4) is 0 Å². The highest BCUT2D eigenvalue weighted by Gasteiger charge is 2.12. The van der Waals surface area contributed by atoms with E-state index in [1.807, 2.05) is 23.5 Å². The van der Waals surface area contributed by atoms with Crippen LogP contribution < -0.4 is 5.32 Å². The standard InChI is InChI=1S/C15H17ClINS/c1-3-13(18-4-2)15-8-7-14(19-15)11-6-5-10(16)9-12(11)17/h5-9,13,18H,3-4H2,1-2H3. The summed E-state index contributed by atoms with van der Waals surface area (Å²) in [6.07, 6.45) is 1.12. The van der Waals surface area contributed by atoms with Gasteiger partial charge in [0.1, 0.15) is 0 Å². The van der Waals surface area contributed by atoms with Gasteiger partial charge in [-0.05, 0) is 59.8 Å². The van der Waals surface area contributed by atoms with Crippen molar-refractivity contribution in [2.24, 2.45) is 0 Å². The lowest BCUT2D eigenvalue weighted by molar-refractivity contribution is 0.545. The first-order valence-electron chi connectivity index (χ1n) is 6.44. The summed E-state index contributed by atoms with van der Waals surface area (Å²) in [5.74, 6) is 0. The van der Waals surface area contributed by atoms with Gasteiger partial charge in [-0.3, -0.25) is 0 Å². The van der Waals surface area contributed by atoms with E-state index in [1.54, 1.807) is 0 Å². The lowest BCUT2D eigenvalue weighted by Crippen LogP contribution is -2.18. The maximum atomic E-state index is 6.01. The fourth-order valence-electron chi connectivity index (χ4n) is 2.07. The van der Waals surface area contributed by atoms with Gasteiger partial charge in [-0.25, -0.2) is 0 Å². The normalized spacial score (nSPS) is 12.6. The van der Waals surface area contributed by atoms with Crippen molar-refractivity contribution in [2.75, 3.05) is 6.54 Å². The van der Waals surface area contributed by atoms with Gasteiger partial charge in [0.2, 0.25) is 0 Å². The van der Waals surface area contributed by atoms with Gasteiger partial charge in [0.15, 0.2) is 0 Å². The topological polar surface area (TPSA) is 12.0 Å². The third-order valence-electron chi connectivity index (χ3n) is 3.03. The molecule has 1 unspecified atom stereocenters. The molecule has 1 aromatic heterocycles. The molecule has 102 valence electrons. The van der Waals surface area contributed by atoms with Crippen molar-refractivity contribution in [3.63, 3.8) is 0 Å². The maximum absolute atomic E-state index is 6.01. The number of hydrogen-bond donors (Lipinski definition) is 1. The summed E-state index contributed by atoms with van der Waals surface area (Å²) in [5, 5.41) is 4.32. The summed E-state index contributed by atoms with van der Waals surface area (Å²) in [6.45, 7) is 5.38. The predicted octanol–water partition coefficient (Wildman–Crippen LogP) is 5.73. The van der Waals surface area contributed by atoms with E-state index in [1.165, 1.54) is 18.9 Å². The highest BCUT2D eigenvalue weighted by Crippen LogP contribution is 2.35. The third kappa shape index (κ3) is 3.72. The molecular weight excluding hydrogens is 389 g/mol. The first-order valence-corrected chi connectivity index (χ1v) is 8.71. The molecule has 19 heavy (non-hydrogen) atoms. The minimum Gasteiger partial charge on any atom is -0.310 e. The first-order chi connectivity index (χ1) is 9.15. The van der Waals surface area contributed by atoms with Crippen molar-refractivity contribution >= 4 is 45.5 Å². The minimum absolute atomic E-state index is 0.466. The Hall–Kier alpha value is -0.100. The fourth-order valence-corrected chi connectivity index (χ4v) is 4.62. The van der Waals surface area contributed by atoms with Crippen molar-refractivity contribution in [2.45, 2.75) is 26.3 Å². The van der Waals surface area contributed by atoms with Crippen molar-refractivity contribution in [1.29, 1.82) is 0 Å². The van der Waals surface area contributed by atoms with E-state index in [0.29, 0.717) is 6.04 Å². The number of halogens is 2. The molecule has 1 atom stereocenters. The molecule has 0 saturated heterocycles. The third-order valence-corrected chi connectivity index (χ3v) is 5.39. The Morgan fingerprint density at radius 2 is 2.05 bits per heavy atom. The Balaban J connectivity index is 2.29. The monoisotopic (exact) mass is 405 g/mol. The number of nitrogens with one attached hydrogen (secondary N) is 1. The Labute approximate surface area is 137 Å². The van der Waals surface area contributed by atoms with Gasteiger partial charge in [0.05, 0.1) is 0 Å². The van der Waals surface area contributed by atoms with E-state index in [0.717, 1.165) is 18.0 Å². The number of rotatable bonds is 5. The molecule has 0 aliphatic rings. The Morgan fingerprint density at radius 3 is 2.68 bits per heavy atom. The smallest absolute Gasteiger partial charge is 0.0416 e. The lowest BCUT2D eigenvalue weighted by Gasteiger charge is -2.13. The average molecular weight is 406 g/mol. The molecule has 0 bridgehead atoms. The molecule has 0 amide bonds. The molecule has 1 aromatic carbocycles. The molecule has 2 rings (SSSR count). The lowest BCUT2D eigenvalue weighted by atomic mass is 10.1. The van der Waals surface area contributed by atoms with Gasteiger partial charge < -0.3 is 5.32 Å².